The summed E-state index contributed by atoms with van der Waals surface area (Å²) in [6, 6.07) is 0. The van der Waals surface area contributed by atoms with E-state index in [0.717, 1.165) is 31.6 Å². The molecule has 120 valence electrons. The zero-order chi connectivity index (χ0) is 16.9. The smallest absolute Gasteiger partial charge is 0 e. The van der Waals surface area contributed by atoms with Crippen molar-refractivity contribution in [3.8, 4) is 0 Å². The van der Waals surface area contributed by atoms with Crippen molar-refractivity contribution in [1.82, 2.24) is 0 Å². The molecule has 0 bridgehead atoms. The van der Waals surface area contributed by atoms with E-state index in [4.69, 9.17) is 25.6 Å². The number of hydrogen-bond acceptors (Lipinski definition) is 1. The second-order valence-electron chi connectivity index (χ2n) is 3.74. The molecule has 0 aliphatic carbocycles. The maximum Gasteiger partial charge on any atom is 0 e. The molecule has 0 spiro atoms. The first kappa shape index (κ1) is 32.4. The zero-order valence-electron chi connectivity index (χ0n) is 12.2. The monoisotopic (exact) mass is 356 g/mol. The predicted octanol–water partition coefficient (Wildman–Crippen LogP) is 3.55. The van der Waals surface area contributed by atoms with Crippen LogP contribution in [0.15, 0.2) is 24.3 Å². The maximum absolute atomic E-state index is 9.89. The molecule has 0 aromatic heterocycles. The van der Waals surface area contributed by atoms with Crippen LogP contribution in [0.5, 0.6) is 0 Å². The first-order chi connectivity index (χ1) is 9.62. The maximum atomic E-state index is 9.89. The van der Waals surface area contributed by atoms with Crippen molar-refractivity contribution in [3.63, 3.8) is 0 Å². The molecule has 0 saturated carbocycles. The van der Waals surface area contributed by atoms with Crippen molar-refractivity contribution in [2.45, 2.75) is 45.1 Å². The molecule has 0 aliphatic rings. The van der Waals surface area contributed by atoms with E-state index in [2.05, 4.69) is 20.0 Å². The molecule has 0 heterocycles. The van der Waals surface area contributed by atoms with Crippen LogP contribution >= 0.6 is 11.6 Å². The Balaban J connectivity index is -0.000000107. The standard InChI is InChI=1S/C12H21ClO.3CO.Fe/c1-3-4-6-9-12(2,14)10-7-5-8-11-13;3*1-2;/h3-4,6,9,14H,5,7-8,10-11H2,1-2H3;;;;/b4-3+,9-6+;;;;/t12-;;;;/m0..../s1. The number of rotatable bonds is 7. The Morgan fingerprint density at radius 3 is 1.86 bits per heavy atom. The number of aliphatic hydroxyl groups is 1. The van der Waals surface area contributed by atoms with E-state index in [1.54, 1.807) is 0 Å². The van der Waals surface area contributed by atoms with Gasteiger partial charge in [-0.15, -0.1) is 11.6 Å². The van der Waals surface area contributed by atoms with Gasteiger partial charge in [0.2, 0.25) is 0 Å². The van der Waals surface area contributed by atoms with Gasteiger partial charge in [0.05, 0.1) is 5.60 Å². The molecular formula is C15H21ClFeO4. The van der Waals surface area contributed by atoms with Gasteiger partial charge >= 0.3 is 33.9 Å². The molecule has 0 radical (unpaired) electrons. The van der Waals surface area contributed by atoms with E-state index in [1.165, 1.54) is 0 Å². The van der Waals surface area contributed by atoms with Gasteiger partial charge in [0.1, 0.15) is 0 Å². The summed E-state index contributed by atoms with van der Waals surface area (Å²) in [6.45, 7) is 17.3. The molecule has 0 saturated heterocycles. The van der Waals surface area contributed by atoms with Crippen LogP contribution in [0.2, 0.25) is 0 Å². The van der Waals surface area contributed by atoms with Crippen molar-refractivity contribution in [2.24, 2.45) is 0 Å². The predicted molar refractivity (Wildman–Crippen MR) is 75.6 cm³/mol. The third-order valence-electron chi connectivity index (χ3n) is 2.08. The third-order valence-corrected chi connectivity index (χ3v) is 2.34. The van der Waals surface area contributed by atoms with Gasteiger partial charge in [-0.2, -0.15) is 0 Å². The van der Waals surface area contributed by atoms with E-state index in [0.29, 0.717) is 0 Å². The van der Waals surface area contributed by atoms with Crippen LogP contribution in [0.25, 0.3) is 0 Å². The SMILES string of the molecule is C/C=C/C=C/[C@](C)(O)CCCCCCl.[C-]#[O+].[C-]#[O+].[C-]#[O+].[Fe]. The Bertz CT molecular complexity index is 280. The van der Waals surface area contributed by atoms with Crippen molar-refractivity contribution in [2.75, 3.05) is 5.88 Å². The number of unbranched alkanes of at least 4 members (excludes halogenated alkanes) is 2. The normalized spacial score (nSPS) is 11.3. The quantitative estimate of drug-likeness (QED) is 0.186. The van der Waals surface area contributed by atoms with E-state index >= 15 is 0 Å². The summed E-state index contributed by atoms with van der Waals surface area (Å²) in [7, 11) is 0. The molecule has 1 atom stereocenters. The van der Waals surface area contributed by atoms with Gasteiger partial charge in [-0.1, -0.05) is 37.1 Å². The molecule has 0 aromatic carbocycles. The van der Waals surface area contributed by atoms with E-state index in [9.17, 15) is 5.11 Å². The van der Waals surface area contributed by atoms with Crippen LogP contribution in [-0.2, 0) is 31.0 Å². The molecule has 0 fully saturated rings. The van der Waals surface area contributed by atoms with Crippen LogP contribution in [-0.4, -0.2) is 16.6 Å². The summed E-state index contributed by atoms with van der Waals surface area (Å²) >= 11 is 5.57. The first-order valence-electron chi connectivity index (χ1n) is 5.82. The van der Waals surface area contributed by atoms with E-state index in [-0.39, 0.29) is 17.1 Å². The van der Waals surface area contributed by atoms with Crippen LogP contribution in [0.4, 0.5) is 0 Å². The summed E-state index contributed by atoms with van der Waals surface area (Å²) < 4.78 is 22.5. The average molecular weight is 357 g/mol. The number of hydrogen-bond donors (Lipinski definition) is 1. The summed E-state index contributed by atoms with van der Waals surface area (Å²) in [5, 5.41) is 9.89. The molecule has 4 nitrogen and oxygen atoms in total. The van der Waals surface area contributed by atoms with Crippen molar-refractivity contribution in [3.05, 3.63) is 44.3 Å². The Labute approximate surface area is 143 Å². The Hall–Kier alpha value is -0.531. The third kappa shape index (κ3) is 38.2. The van der Waals surface area contributed by atoms with Crippen LogP contribution in [0.1, 0.15) is 39.5 Å². The Kier molecular flexibility index (Phi) is 49.0. The molecule has 0 unspecified atom stereocenters. The number of halogens is 1. The van der Waals surface area contributed by atoms with Gasteiger partial charge in [0.15, 0.2) is 0 Å². The summed E-state index contributed by atoms with van der Waals surface area (Å²) in [6.07, 6.45) is 11.6. The molecule has 1 N–H and O–H groups in total. The molecule has 0 rings (SSSR count). The minimum absolute atomic E-state index is 0. The fourth-order valence-electron chi connectivity index (χ4n) is 1.21. The second kappa shape index (κ2) is 31.7. The summed E-state index contributed by atoms with van der Waals surface area (Å²) in [5.74, 6) is 0.719. The van der Waals surface area contributed by atoms with Crippen molar-refractivity contribution in [1.29, 1.82) is 0 Å². The van der Waals surface area contributed by atoms with Gasteiger partial charge in [-0.25, -0.2) is 0 Å². The van der Waals surface area contributed by atoms with Crippen LogP contribution < -0.4 is 0 Å². The Morgan fingerprint density at radius 1 is 1.00 bits per heavy atom. The average Bonchev–Trinajstić information content (AvgIpc) is 2.50. The largest absolute Gasteiger partial charge is 0 e. The molecule has 21 heavy (non-hydrogen) atoms. The van der Waals surface area contributed by atoms with Gasteiger partial charge in [0.25, 0.3) is 0 Å². The van der Waals surface area contributed by atoms with Crippen molar-refractivity contribution >= 4 is 11.6 Å². The van der Waals surface area contributed by atoms with E-state index in [1.807, 2.05) is 38.2 Å². The first-order valence-corrected chi connectivity index (χ1v) is 6.36. The van der Waals surface area contributed by atoms with Crippen LogP contribution in [0, 0.1) is 20.0 Å². The molecule has 0 amide bonds. The molecule has 0 aromatic rings. The van der Waals surface area contributed by atoms with Gasteiger partial charge in [0, 0.05) is 22.9 Å². The van der Waals surface area contributed by atoms with Gasteiger partial charge in [-0.05, 0) is 26.7 Å². The summed E-state index contributed by atoms with van der Waals surface area (Å²) in [5.41, 5.74) is -0.675. The van der Waals surface area contributed by atoms with Gasteiger partial charge < -0.3 is 5.11 Å². The second-order valence-corrected chi connectivity index (χ2v) is 4.12. The molecule has 6 heteroatoms. The number of alkyl halides is 1. The zero-order valence-corrected chi connectivity index (χ0v) is 14.1. The van der Waals surface area contributed by atoms with E-state index < -0.39 is 5.60 Å². The fraction of sp³-hybridized carbons (Fsp3) is 0.533. The summed E-state index contributed by atoms with van der Waals surface area (Å²) in [4.78, 5) is 0. The minimum atomic E-state index is -0.675. The molecule has 0 aliphatic heterocycles. The van der Waals surface area contributed by atoms with Gasteiger partial charge in [-0.3, -0.25) is 0 Å². The topological polar surface area (TPSA) is 79.9 Å². The Morgan fingerprint density at radius 2 is 1.48 bits per heavy atom. The van der Waals surface area contributed by atoms with Crippen molar-refractivity contribution < 1.29 is 36.1 Å². The van der Waals surface area contributed by atoms with Crippen LogP contribution in [0.3, 0.4) is 0 Å². The number of allylic oxidation sites excluding steroid dienone is 3. The molecular weight excluding hydrogens is 335 g/mol. The fourth-order valence-corrected chi connectivity index (χ4v) is 1.40. The minimum Gasteiger partial charge on any atom is 0 e.